The van der Waals surface area contributed by atoms with Gasteiger partial charge in [-0.1, -0.05) is 39.8 Å². The minimum absolute atomic E-state index is 0.00852. The lowest BCUT2D eigenvalue weighted by Gasteiger charge is -2.26. The van der Waals surface area contributed by atoms with E-state index >= 15 is 0 Å². The minimum Gasteiger partial charge on any atom is -0.352 e. The monoisotopic (exact) mass is 493 g/mol. The number of nitrogens with zero attached hydrogens (tertiary/aromatic N) is 4. The van der Waals surface area contributed by atoms with E-state index in [9.17, 15) is 4.79 Å². The number of rotatable bonds is 16. The van der Waals surface area contributed by atoms with Crippen LogP contribution >= 0.6 is 0 Å². The zero-order valence-electron chi connectivity index (χ0n) is 22.3. The Balaban J connectivity index is 1.44. The second kappa shape index (κ2) is 14.6. The van der Waals surface area contributed by atoms with E-state index in [4.69, 9.17) is 0 Å². The van der Waals surface area contributed by atoms with E-state index in [0.717, 1.165) is 56.2 Å². The van der Waals surface area contributed by atoms with Crippen LogP contribution in [-0.2, 0) is 19.6 Å². The van der Waals surface area contributed by atoms with Crippen LogP contribution in [0, 0.1) is 11.8 Å². The van der Waals surface area contributed by atoms with Crippen molar-refractivity contribution in [1.29, 1.82) is 0 Å². The summed E-state index contributed by atoms with van der Waals surface area (Å²) in [6, 6.07) is 7.88. The molecule has 0 saturated carbocycles. The molecule has 196 valence electrons. The first-order chi connectivity index (χ1) is 17.4. The highest BCUT2D eigenvalue weighted by atomic mass is 16.1. The lowest BCUT2D eigenvalue weighted by molar-refractivity contribution is 0.0952. The summed E-state index contributed by atoms with van der Waals surface area (Å²) in [6.45, 7) is 15.3. The van der Waals surface area contributed by atoms with Crippen LogP contribution in [0.15, 0.2) is 49.1 Å². The molecule has 0 aliphatic rings. The zero-order chi connectivity index (χ0) is 25.8. The predicted molar refractivity (Wildman–Crippen MR) is 144 cm³/mol. The van der Waals surface area contributed by atoms with Gasteiger partial charge in [-0.3, -0.25) is 9.69 Å². The molecule has 2 aromatic heterocycles. The molecular weight excluding hydrogens is 450 g/mol. The Kier molecular flexibility index (Phi) is 11.2. The number of aromatic amines is 2. The van der Waals surface area contributed by atoms with Gasteiger partial charge >= 0.3 is 0 Å². The number of carbonyl (C=O) groups is 1. The highest BCUT2D eigenvalue weighted by Crippen LogP contribution is 2.12. The van der Waals surface area contributed by atoms with Crippen molar-refractivity contribution in [2.24, 2.45) is 11.8 Å². The molecule has 8 nitrogen and oxygen atoms in total. The number of nitrogens with one attached hydrogen (secondary N) is 3. The Labute approximate surface area is 215 Å². The number of imidazole rings is 2. The van der Waals surface area contributed by atoms with Crippen LogP contribution in [-0.4, -0.2) is 61.8 Å². The summed E-state index contributed by atoms with van der Waals surface area (Å²) < 4.78 is 0. The lowest BCUT2D eigenvalue weighted by Crippen LogP contribution is -2.33. The van der Waals surface area contributed by atoms with Crippen molar-refractivity contribution in [3.8, 4) is 0 Å². The molecule has 0 aliphatic carbocycles. The van der Waals surface area contributed by atoms with Crippen molar-refractivity contribution in [2.75, 3.05) is 26.2 Å². The van der Waals surface area contributed by atoms with Crippen LogP contribution in [0.5, 0.6) is 0 Å². The van der Waals surface area contributed by atoms with Crippen molar-refractivity contribution in [2.45, 2.75) is 60.2 Å². The highest BCUT2D eigenvalue weighted by molar-refractivity contribution is 5.94. The van der Waals surface area contributed by atoms with Gasteiger partial charge in [0.15, 0.2) is 0 Å². The molecule has 3 aromatic rings. The van der Waals surface area contributed by atoms with E-state index in [1.165, 1.54) is 0 Å². The average Bonchev–Trinajstić information content (AvgIpc) is 3.53. The standard InChI is InChI=1S/C28H43N7O/c1-22(2)17-34(18-23(3)4)16-6-5-11-33-28(36)25-9-7-24(8-10-25)19-35(20-26-29-12-13-30-26)21-27-31-14-15-32-27/h7-10,12-15,22-23H,5-6,11,16-21H2,1-4H3,(H,29,30)(H,31,32)(H,33,36). The van der Waals surface area contributed by atoms with Crippen LogP contribution in [0.2, 0.25) is 0 Å². The normalized spacial score (nSPS) is 11.8. The summed E-state index contributed by atoms with van der Waals surface area (Å²) in [5.41, 5.74) is 1.84. The van der Waals surface area contributed by atoms with Gasteiger partial charge in [0.05, 0.1) is 13.1 Å². The van der Waals surface area contributed by atoms with Crippen LogP contribution in [0.1, 0.15) is 68.1 Å². The largest absolute Gasteiger partial charge is 0.352 e. The number of H-pyrrole nitrogens is 2. The number of hydrogen-bond donors (Lipinski definition) is 3. The van der Waals surface area contributed by atoms with Crippen molar-refractivity contribution < 1.29 is 4.79 Å². The molecule has 0 atom stereocenters. The van der Waals surface area contributed by atoms with Gasteiger partial charge in [0, 0.05) is 56.5 Å². The van der Waals surface area contributed by atoms with E-state index in [-0.39, 0.29) is 5.91 Å². The molecule has 0 bridgehead atoms. The third kappa shape index (κ3) is 9.95. The molecule has 0 radical (unpaired) electrons. The Hall–Kier alpha value is -2.97. The summed E-state index contributed by atoms with van der Waals surface area (Å²) in [7, 11) is 0. The first-order valence-corrected chi connectivity index (χ1v) is 13.2. The maximum absolute atomic E-state index is 12.6. The third-order valence-corrected chi connectivity index (χ3v) is 5.91. The number of hydrogen-bond acceptors (Lipinski definition) is 5. The molecule has 0 unspecified atom stereocenters. The van der Waals surface area contributed by atoms with Gasteiger partial charge in [-0.15, -0.1) is 0 Å². The summed E-state index contributed by atoms with van der Waals surface area (Å²) >= 11 is 0. The van der Waals surface area contributed by atoms with E-state index in [0.29, 0.717) is 37.0 Å². The van der Waals surface area contributed by atoms with Crippen molar-refractivity contribution in [3.63, 3.8) is 0 Å². The molecule has 0 spiro atoms. The maximum Gasteiger partial charge on any atom is 0.251 e. The molecule has 36 heavy (non-hydrogen) atoms. The second-order valence-corrected chi connectivity index (χ2v) is 10.4. The number of aromatic nitrogens is 4. The van der Waals surface area contributed by atoms with Gasteiger partial charge in [-0.2, -0.15) is 0 Å². The lowest BCUT2D eigenvalue weighted by atomic mass is 10.1. The number of carbonyl (C=O) groups excluding carboxylic acids is 1. The smallest absolute Gasteiger partial charge is 0.251 e. The Bertz CT molecular complexity index is 935. The van der Waals surface area contributed by atoms with Crippen molar-refractivity contribution in [1.82, 2.24) is 35.1 Å². The van der Waals surface area contributed by atoms with Crippen LogP contribution < -0.4 is 5.32 Å². The van der Waals surface area contributed by atoms with E-state index in [2.05, 4.69) is 62.7 Å². The van der Waals surface area contributed by atoms with Crippen LogP contribution in [0.3, 0.4) is 0 Å². The van der Waals surface area contributed by atoms with Crippen molar-refractivity contribution >= 4 is 5.91 Å². The number of amides is 1. The fraction of sp³-hybridized carbons (Fsp3) is 0.536. The topological polar surface area (TPSA) is 92.9 Å². The van der Waals surface area contributed by atoms with Gasteiger partial charge in [0.1, 0.15) is 11.6 Å². The van der Waals surface area contributed by atoms with Gasteiger partial charge < -0.3 is 20.2 Å². The molecule has 0 fully saturated rings. The van der Waals surface area contributed by atoms with Gasteiger partial charge in [0.25, 0.3) is 5.91 Å². The number of benzene rings is 1. The molecule has 8 heteroatoms. The van der Waals surface area contributed by atoms with Gasteiger partial charge in [-0.25, -0.2) is 9.97 Å². The average molecular weight is 494 g/mol. The third-order valence-electron chi connectivity index (χ3n) is 5.91. The van der Waals surface area contributed by atoms with Crippen LogP contribution in [0.4, 0.5) is 0 Å². The Morgan fingerprint density at radius 2 is 1.42 bits per heavy atom. The molecule has 1 aromatic carbocycles. The first-order valence-electron chi connectivity index (χ1n) is 13.2. The Morgan fingerprint density at radius 3 is 1.92 bits per heavy atom. The van der Waals surface area contributed by atoms with Gasteiger partial charge in [0.2, 0.25) is 0 Å². The number of unbranched alkanes of at least 4 members (excludes halogenated alkanes) is 1. The quantitative estimate of drug-likeness (QED) is 0.256. The maximum atomic E-state index is 12.6. The Morgan fingerprint density at radius 1 is 0.833 bits per heavy atom. The minimum atomic E-state index is -0.00852. The highest BCUT2D eigenvalue weighted by Gasteiger charge is 2.13. The SMILES string of the molecule is CC(C)CN(CCCCNC(=O)c1ccc(CN(Cc2ncc[nH]2)Cc2ncc[nH]2)cc1)CC(C)C. The van der Waals surface area contributed by atoms with E-state index in [1.807, 2.05) is 36.7 Å². The summed E-state index contributed by atoms with van der Waals surface area (Å²) in [6.07, 6.45) is 9.29. The van der Waals surface area contributed by atoms with E-state index < -0.39 is 0 Å². The molecule has 3 N–H and O–H groups in total. The predicted octanol–water partition coefficient (Wildman–Crippen LogP) is 4.46. The molecule has 1 amide bonds. The zero-order valence-corrected chi connectivity index (χ0v) is 22.3. The molecular formula is C28H43N7O. The fourth-order valence-corrected chi connectivity index (χ4v) is 4.43. The van der Waals surface area contributed by atoms with E-state index in [1.54, 1.807) is 12.4 Å². The summed E-state index contributed by atoms with van der Waals surface area (Å²) in [4.78, 5) is 32.5. The second-order valence-electron chi connectivity index (χ2n) is 10.4. The summed E-state index contributed by atoms with van der Waals surface area (Å²) in [5, 5.41) is 3.08. The molecule has 3 rings (SSSR count). The van der Waals surface area contributed by atoms with Crippen molar-refractivity contribution in [3.05, 3.63) is 71.8 Å². The summed E-state index contributed by atoms with van der Waals surface area (Å²) in [5.74, 6) is 3.16. The molecule has 0 saturated heterocycles. The van der Waals surface area contributed by atoms with Crippen LogP contribution in [0.25, 0.3) is 0 Å². The first kappa shape index (κ1) is 27.6. The molecule has 0 aliphatic heterocycles. The van der Waals surface area contributed by atoms with Gasteiger partial charge in [-0.05, 0) is 48.9 Å². The molecule has 2 heterocycles. The fourth-order valence-electron chi connectivity index (χ4n) is 4.43.